The van der Waals surface area contributed by atoms with Gasteiger partial charge in [-0.15, -0.1) is 0 Å². The maximum atomic E-state index is 12.2. The zero-order valence-corrected chi connectivity index (χ0v) is 15.3. The normalized spacial score (nSPS) is 11.9. The van der Waals surface area contributed by atoms with Gasteiger partial charge >= 0.3 is 0 Å². The van der Waals surface area contributed by atoms with Crippen LogP contribution in [0.4, 0.5) is 5.69 Å². The fourth-order valence-electron chi connectivity index (χ4n) is 2.71. The summed E-state index contributed by atoms with van der Waals surface area (Å²) in [7, 11) is 0. The van der Waals surface area contributed by atoms with Gasteiger partial charge in [0.05, 0.1) is 6.04 Å². The molecule has 0 aliphatic heterocycles. The Morgan fingerprint density at radius 3 is 2.70 bits per heavy atom. The first-order chi connectivity index (χ1) is 13.2. The van der Waals surface area contributed by atoms with Crippen molar-refractivity contribution in [1.82, 2.24) is 10.3 Å². The van der Waals surface area contributed by atoms with Crippen LogP contribution in [-0.4, -0.2) is 10.9 Å². The largest absolute Gasteiger partial charge is 0.381 e. The summed E-state index contributed by atoms with van der Waals surface area (Å²) >= 11 is 0. The van der Waals surface area contributed by atoms with Crippen LogP contribution in [0.5, 0.6) is 0 Å². The molecule has 0 fully saturated rings. The van der Waals surface area contributed by atoms with E-state index in [2.05, 4.69) is 21.7 Å². The van der Waals surface area contributed by atoms with Crippen LogP contribution in [0.1, 0.15) is 29.7 Å². The molecule has 1 heterocycles. The van der Waals surface area contributed by atoms with E-state index < -0.39 is 0 Å². The SMILES string of the molecule is CC(NC(=O)C=Cc1ccccc1)c1cccc(NCc2cccnc2)c1. The number of hydrogen-bond donors (Lipinski definition) is 2. The van der Waals surface area contributed by atoms with Gasteiger partial charge in [-0.05, 0) is 47.9 Å². The summed E-state index contributed by atoms with van der Waals surface area (Å²) in [5, 5.41) is 6.39. The first-order valence-corrected chi connectivity index (χ1v) is 8.97. The van der Waals surface area contributed by atoms with Crippen molar-refractivity contribution < 1.29 is 4.79 Å². The highest BCUT2D eigenvalue weighted by Gasteiger charge is 2.08. The fraction of sp³-hybridized carbons (Fsp3) is 0.130. The Labute approximate surface area is 160 Å². The number of nitrogens with zero attached hydrogens (tertiary/aromatic N) is 1. The molecule has 0 bridgehead atoms. The summed E-state index contributed by atoms with van der Waals surface area (Å²) in [6.07, 6.45) is 6.99. The van der Waals surface area contributed by atoms with E-state index in [0.717, 1.165) is 22.4 Å². The van der Waals surface area contributed by atoms with Gasteiger partial charge in [-0.2, -0.15) is 0 Å². The number of benzene rings is 2. The van der Waals surface area contributed by atoms with Crippen molar-refractivity contribution in [3.05, 3.63) is 102 Å². The lowest BCUT2D eigenvalue weighted by molar-refractivity contribution is -0.117. The Morgan fingerprint density at radius 1 is 1.07 bits per heavy atom. The highest BCUT2D eigenvalue weighted by atomic mass is 16.1. The number of amides is 1. The lowest BCUT2D eigenvalue weighted by Gasteiger charge is -2.15. The van der Waals surface area contributed by atoms with E-state index in [0.29, 0.717) is 6.54 Å². The Hall–Kier alpha value is -3.40. The Kier molecular flexibility index (Phi) is 6.36. The number of pyridine rings is 1. The maximum absolute atomic E-state index is 12.2. The molecule has 1 amide bonds. The average Bonchev–Trinajstić information content (AvgIpc) is 2.72. The number of nitrogens with one attached hydrogen (secondary N) is 2. The van der Waals surface area contributed by atoms with Gasteiger partial charge in [0.2, 0.25) is 5.91 Å². The van der Waals surface area contributed by atoms with Gasteiger partial charge in [-0.3, -0.25) is 9.78 Å². The standard InChI is InChI=1S/C23H23N3O/c1-18(26-23(27)13-12-19-7-3-2-4-8-19)21-10-5-11-22(15-21)25-17-20-9-6-14-24-16-20/h2-16,18,25H,17H2,1H3,(H,26,27). The second-order valence-corrected chi connectivity index (χ2v) is 6.31. The topological polar surface area (TPSA) is 54.0 Å². The number of rotatable bonds is 7. The van der Waals surface area contributed by atoms with E-state index in [4.69, 9.17) is 0 Å². The molecule has 27 heavy (non-hydrogen) atoms. The predicted octanol–water partition coefficient (Wildman–Crippen LogP) is 4.58. The van der Waals surface area contributed by atoms with E-state index in [1.165, 1.54) is 0 Å². The van der Waals surface area contributed by atoms with Gasteiger partial charge < -0.3 is 10.6 Å². The third-order valence-electron chi connectivity index (χ3n) is 4.19. The molecule has 2 aromatic carbocycles. The lowest BCUT2D eigenvalue weighted by Crippen LogP contribution is -2.24. The van der Waals surface area contributed by atoms with Crippen molar-refractivity contribution in [2.24, 2.45) is 0 Å². The van der Waals surface area contributed by atoms with Gasteiger partial charge in [-0.25, -0.2) is 0 Å². The van der Waals surface area contributed by atoms with Crippen molar-refractivity contribution in [2.45, 2.75) is 19.5 Å². The fourth-order valence-corrected chi connectivity index (χ4v) is 2.71. The van der Waals surface area contributed by atoms with Crippen LogP contribution < -0.4 is 10.6 Å². The van der Waals surface area contributed by atoms with Crippen molar-refractivity contribution in [1.29, 1.82) is 0 Å². The number of carbonyl (C=O) groups excluding carboxylic acids is 1. The van der Waals surface area contributed by atoms with Crippen LogP contribution in [-0.2, 0) is 11.3 Å². The van der Waals surface area contributed by atoms with Crippen molar-refractivity contribution in [3.8, 4) is 0 Å². The molecule has 1 unspecified atom stereocenters. The highest BCUT2D eigenvalue weighted by Crippen LogP contribution is 2.18. The summed E-state index contributed by atoms with van der Waals surface area (Å²) in [6.45, 7) is 2.69. The number of hydrogen-bond acceptors (Lipinski definition) is 3. The third kappa shape index (κ3) is 5.82. The molecule has 4 heteroatoms. The average molecular weight is 357 g/mol. The summed E-state index contributed by atoms with van der Waals surface area (Å²) in [4.78, 5) is 16.3. The van der Waals surface area contributed by atoms with Crippen LogP contribution in [0.25, 0.3) is 6.08 Å². The second kappa shape index (κ2) is 9.34. The first kappa shape index (κ1) is 18.4. The van der Waals surface area contributed by atoms with Crippen LogP contribution in [0.2, 0.25) is 0 Å². The molecule has 2 N–H and O–H groups in total. The minimum atomic E-state index is -0.111. The van der Waals surface area contributed by atoms with Crippen molar-refractivity contribution in [2.75, 3.05) is 5.32 Å². The summed E-state index contributed by atoms with van der Waals surface area (Å²) in [5.74, 6) is -0.111. The van der Waals surface area contributed by atoms with Gasteiger partial charge in [0.25, 0.3) is 0 Å². The Bertz CT molecular complexity index is 892. The molecule has 1 aromatic heterocycles. The monoisotopic (exact) mass is 357 g/mol. The second-order valence-electron chi connectivity index (χ2n) is 6.31. The summed E-state index contributed by atoms with van der Waals surface area (Å²) < 4.78 is 0. The maximum Gasteiger partial charge on any atom is 0.244 e. The van der Waals surface area contributed by atoms with Gasteiger partial charge in [0.1, 0.15) is 0 Å². The van der Waals surface area contributed by atoms with Gasteiger partial charge in [0.15, 0.2) is 0 Å². The minimum absolute atomic E-state index is 0.0851. The molecule has 1 atom stereocenters. The Balaban J connectivity index is 1.57. The highest BCUT2D eigenvalue weighted by molar-refractivity contribution is 5.91. The molecule has 0 aliphatic rings. The molecule has 0 saturated carbocycles. The molecule has 0 spiro atoms. The molecule has 0 radical (unpaired) electrons. The lowest BCUT2D eigenvalue weighted by atomic mass is 10.1. The van der Waals surface area contributed by atoms with E-state index in [9.17, 15) is 4.79 Å². The van der Waals surface area contributed by atoms with E-state index in [1.54, 1.807) is 12.3 Å². The molecule has 0 saturated heterocycles. The molecular weight excluding hydrogens is 334 g/mol. The number of anilines is 1. The molecular formula is C23H23N3O. The van der Waals surface area contributed by atoms with Crippen LogP contribution in [0.3, 0.4) is 0 Å². The van der Waals surface area contributed by atoms with Crippen LogP contribution in [0, 0.1) is 0 Å². The molecule has 0 aliphatic carbocycles. The number of carbonyl (C=O) groups is 1. The van der Waals surface area contributed by atoms with E-state index in [1.807, 2.05) is 79.9 Å². The zero-order chi connectivity index (χ0) is 18.9. The molecule has 3 rings (SSSR count). The van der Waals surface area contributed by atoms with Crippen LogP contribution in [0.15, 0.2) is 85.2 Å². The van der Waals surface area contributed by atoms with Gasteiger partial charge in [0, 0.05) is 30.7 Å². The minimum Gasteiger partial charge on any atom is -0.381 e. The summed E-state index contributed by atoms with van der Waals surface area (Å²) in [6, 6.07) is 21.7. The first-order valence-electron chi connectivity index (χ1n) is 8.97. The van der Waals surface area contributed by atoms with Crippen molar-refractivity contribution >= 4 is 17.7 Å². The number of aromatic nitrogens is 1. The van der Waals surface area contributed by atoms with Crippen LogP contribution >= 0.6 is 0 Å². The zero-order valence-electron chi connectivity index (χ0n) is 15.3. The van der Waals surface area contributed by atoms with E-state index in [-0.39, 0.29) is 11.9 Å². The quantitative estimate of drug-likeness (QED) is 0.608. The predicted molar refractivity (Wildman–Crippen MR) is 110 cm³/mol. The molecule has 136 valence electrons. The molecule has 4 nitrogen and oxygen atoms in total. The molecule has 3 aromatic rings. The third-order valence-corrected chi connectivity index (χ3v) is 4.19. The Morgan fingerprint density at radius 2 is 1.93 bits per heavy atom. The van der Waals surface area contributed by atoms with Gasteiger partial charge in [-0.1, -0.05) is 48.5 Å². The summed E-state index contributed by atoms with van der Waals surface area (Å²) in [5.41, 5.74) is 4.18. The van der Waals surface area contributed by atoms with Crippen molar-refractivity contribution in [3.63, 3.8) is 0 Å². The smallest absolute Gasteiger partial charge is 0.244 e. The van der Waals surface area contributed by atoms with E-state index >= 15 is 0 Å².